The average molecular weight is 496 g/mol. The van der Waals surface area contributed by atoms with E-state index in [0.717, 1.165) is 52.4 Å². The van der Waals surface area contributed by atoms with E-state index in [0.29, 0.717) is 45.9 Å². The van der Waals surface area contributed by atoms with Gasteiger partial charge in [0.05, 0.1) is 30.9 Å². The lowest BCUT2D eigenvalue weighted by Crippen LogP contribution is -2.47. The van der Waals surface area contributed by atoms with Crippen LogP contribution in [0.1, 0.15) is 5.69 Å². The third-order valence-corrected chi connectivity index (χ3v) is 8.15. The van der Waals surface area contributed by atoms with Crippen LogP contribution < -0.4 is 4.90 Å². The summed E-state index contributed by atoms with van der Waals surface area (Å²) in [6.45, 7) is 6.02. The number of aromatic amines is 1. The molecule has 0 spiro atoms. The molecule has 0 atom stereocenters. The van der Waals surface area contributed by atoms with Crippen LogP contribution in [-0.4, -0.2) is 95.9 Å². The Balaban J connectivity index is 1.36. The van der Waals surface area contributed by atoms with E-state index >= 15 is 0 Å². The van der Waals surface area contributed by atoms with Crippen LogP contribution >= 0.6 is 0 Å². The van der Waals surface area contributed by atoms with Crippen molar-refractivity contribution in [2.45, 2.75) is 6.54 Å². The van der Waals surface area contributed by atoms with Gasteiger partial charge in [-0.05, 0) is 12.1 Å². The minimum atomic E-state index is -3.14. The second-order valence-corrected chi connectivity index (χ2v) is 11.2. The molecule has 6 rings (SSSR count). The number of sulfonamides is 1. The molecule has 2 aliphatic heterocycles. The molecule has 10 nitrogen and oxygen atoms in total. The molecule has 2 aliphatic rings. The first-order valence-electron chi connectivity index (χ1n) is 11.9. The van der Waals surface area contributed by atoms with E-state index in [1.165, 1.54) is 6.26 Å². The van der Waals surface area contributed by atoms with Crippen molar-refractivity contribution in [2.75, 3.05) is 63.6 Å². The van der Waals surface area contributed by atoms with Crippen molar-refractivity contribution < 1.29 is 13.2 Å². The molecule has 1 N–H and O–H groups in total. The number of fused-ring (bicyclic) bond motifs is 2. The maximum absolute atomic E-state index is 11.8. The number of benzene rings is 1. The summed E-state index contributed by atoms with van der Waals surface area (Å²) < 4.78 is 32.7. The van der Waals surface area contributed by atoms with Crippen molar-refractivity contribution in [1.29, 1.82) is 0 Å². The molecular weight excluding hydrogens is 466 g/mol. The van der Waals surface area contributed by atoms with Gasteiger partial charge in [-0.15, -0.1) is 0 Å². The van der Waals surface area contributed by atoms with E-state index in [-0.39, 0.29) is 0 Å². The Kier molecular flexibility index (Phi) is 5.72. The van der Waals surface area contributed by atoms with Gasteiger partial charge < -0.3 is 14.6 Å². The van der Waals surface area contributed by atoms with E-state index < -0.39 is 10.0 Å². The second kappa shape index (κ2) is 8.90. The lowest BCUT2D eigenvalue weighted by molar-refractivity contribution is 0.122. The molecule has 11 heteroatoms. The summed E-state index contributed by atoms with van der Waals surface area (Å²) in [7, 11) is -3.14. The Hall–Kier alpha value is -2.99. The van der Waals surface area contributed by atoms with Gasteiger partial charge in [0, 0.05) is 80.6 Å². The van der Waals surface area contributed by atoms with Gasteiger partial charge in [-0.1, -0.05) is 12.1 Å². The molecular formula is C24H29N7O3S. The monoisotopic (exact) mass is 495 g/mol. The van der Waals surface area contributed by atoms with E-state index in [4.69, 9.17) is 14.8 Å². The summed E-state index contributed by atoms with van der Waals surface area (Å²) in [6, 6.07) is 12.5. The molecule has 2 fully saturated rings. The second-order valence-electron chi connectivity index (χ2n) is 9.19. The van der Waals surface area contributed by atoms with E-state index in [9.17, 15) is 8.42 Å². The molecule has 0 radical (unpaired) electrons. The Morgan fingerprint density at radius 3 is 2.60 bits per heavy atom. The number of morpholine rings is 1. The molecule has 0 amide bonds. The minimum absolute atomic E-state index is 0.508. The SMILES string of the molecule is CS(=O)(=O)N1CCN(Cc2cc3nc(-c4cccc5[nH]ccc45)cc(N4CCOCC4)n3n2)CC1. The van der Waals surface area contributed by atoms with Crippen LogP contribution in [0, 0.1) is 0 Å². The maximum Gasteiger partial charge on any atom is 0.211 e. The topological polar surface area (TPSA) is 99.1 Å². The average Bonchev–Trinajstić information content (AvgIpc) is 3.50. The van der Waals surface area contributed by atoms with Gasteiger partial charge in [-0.3, -0.25) is 4.90 Å². The molecule has 2 saturated heterocycles. The van der Waals surface area contributed by atoms with E-state index in [1.54, 1.807) is 4.31 Å². The lowest BCUT2D eigenvalue weighted by atomic mass is 10.1. The summed E-state index contributed by atoms with van der Waals surface area (Å²) in [6.07, 6.45) is 3.23. The predicted molar refractivity (Wildman–Crippen MR) is 135 cm³/mol. The minimum Gasteiger partial charge on any atom is -0.378 e. The Bertz CT molecular complexity index is 1470. The van der Waals surface area contributed by atoms with Crippen LogP contribution in [0.2, 0.25) is 0 Å². The highest BCUT2D eigenvalue weighted by Crippen LogP contribution is 2.31. The van der Waals surface area contributed by atoms with E-state index in [2.05, 4.69) is 39.0 Å². The number of hydrogen-bond donors (Lipinski definition) is 1. The highest BCUT2D eigenvalue weighted by Gasteiger charge is 2.25. The fourth-order valence-electron chi connectivity index (χ4n) is 5.00. The molecule has 35 heavy (non-hydrogen) atoms. The van der Waals surface area contributed by atoms with Crippen molar-refractivity contribution in [2.24, 2.45) is 0 Å². The number of rotatable bonds is 5. The van der Waals surface area contributed by atoms with Crippen molar-refractivity contribution in [3.63, 3.8) is 0 Å². The molecule has 184 valence electrons. The number of piperazine rings is 1. The number of nitrogens with zero attached hydrogens (tertiary/aromatic N) is 6. The molecule has 1 aromatic carbocycles. The first-order valence-corrected chi connectivity index (χ1v) is 13.8. The predicted octanol–water partition coefficient (Wildman–Crippen LogP) is 1.79. The molecule has 5 heterocycles. The number of nitrogens with one attached hydrogen (secondary N) is 1. The van der Waals surface area contributed by atoms with Gasteiger partial charge in [0.25, 0.3) is 0 Å². The Labute approximate surface area is 204 Å². The highest BCUT2D eigenvalue weighted by molar-refractivity contribution is 7.88. The Morgan fingerprint density at radius 2 is 1.83 bits per heavy atom. The van der Waals surface area contributed by atoms with Crippen molar-refractivity contribution in [3.8, 4) is 11.3 Å². The largest absolute Gasteiger partial charge is 0.378 e. The van der Waals surface area contributed by atoms with Gasteiger partial charge in [0.2, 0.25) is 10.0 Å². The number of ether oxygens (including phenoxy) is 1. The zero-order chi connectivity index (χ0) is 24.0. The summed E-state index contributed by atoms with van der Waals surface area (Å²) in [5, 5.41) is 6.07. The quantitative estimate of drug-likeness (QED) is 0.451. The lowest BCUT2D eigenvalue weighted by Gasteiger charge is -2.32. The van der Waals surface area contributed by atoms with Crippen molar-refractivity contribution >= 4 is 32.4 Å². The molecule has 0 aliphatic carbocycles. The normalized spacial score (nSPS) is 18.6. The highest BCUT2D eigenvalue weighted by atomic mass is 32.2. The number of anilines is 1. The van der Waals surface area contributed by atoms with Crippen LogP contribution in [0.25, 0.3) is 27.8 Å². The van der Waals surface area contributed by atoms with Gasteiger partial charge in [0.15, 0.2) is 5.65 Å². The van der Waals surface area contributed by atoms with Gasteiger partial charge in [0.1, 0.15) is 5.82 Å². The standard InChI is InChI=1S/C24H29N7O3S/c1-35(32,33)30-9-7-28(8-10-30)17-18-15-23-26-22(19-3-2-4-21-20(19)5-6-25-21)16-24(31(23)27-18)29-11-13-34-14-12-29/h2-6,15-16,25H,7-14,17H2,1H3. The third-order valence-electron chi connectivity index (χ3n) is 6.85. The first kappa shape index (κ1) is 22.5. The fourth-order valence-corrected chi connectivity index (χ4v) is 5.82. The summed E-state index contributed by atoms with van der Waals surface area (Å²) in [4.78, 5) is 12.9. The summed E-state index contributed by atoms with van der Waals surface area (Å²) in [5.41, 5.74) is 4.82. The third kappa shape index (κ3) is 4.40. The fraction of sp³-hybridized carbons (Fsp3) is 0.417. The van der Waals surface area contributed by atoms with Crippen LogP contribution in [0.3, 0.4) is 0 Å². The van der Waals surface area contributed by atoms with Crippen LogP contribution in [0.4, 0.5) is 5.82 Å². The van der Waals surface area contributed by atoms with E-state index in [1.807, 2.05) is 22.8 Å². The number of H-pyrrole nitrogens is 1. The molecule has 0 saturated carbocycles. The molecule has 3 aromatic heterocycles. The summed E-state index contributed by atoms with van der Waals surface area (Å²) in [5.74, 6) is 1.01. The van der Waals surface area contributed by atoms with Crippen molar-refractivity contribution in [1.82, 2.24) is 28.8 Å². The molecule has 0 bridgehead atoms. The van der Waals surface area contributed by atoms with Gasteiger partial charge in [-0.25, -0.2) is 13.4 Å². The zero-order valence-electron chi connectivity index (χ0n) is 19.7. The Morgan fingerprint density at radius 1 is 1.03 bits per heavy atom. The smallest absolute Gasteiger partial charge is 0.211 e. The number of aromatic nitrogens is 4. The summed E-state index contributed by atoms with van der Waals surface area (Å²) >= 11 is 0. The zero-order valence-corrected chi connectivity index (χ0v) is 20.5. The first-order chi connectivity index (χ1) is 17.0. The maximum atomic E-state index is 11.8. The van der Waals surface area contributed by atoms with Crippen LogP contribution in [-0.2, 0) is 21.3 Å². The van der Waals surface area contributed by atoms with Crippen LogP contribution in [0.15, 0.2) is 42.6 Å². The van der Waals surface area contributed by atoms with Crippen molar-refractivity contribution in [3.05, 3.63) is 48.3 Å². The molecule has 4 aromatic rings. The van der Waals surface area contributed by atoms with Crippen LogP contribution in [0.5, 0.6) is 0 Å². The van der Waals surface area contributed by atoms with Gasteiger partial charge in [-0.2, -0.15) is 13.9 Å². The molecule has 0 unspecified atom stereocenters. The number of hydrogen-bond acceptors (Lipinski definition) is 7. The van der Waals surface area contributed by atoms with Gasteiger partial charge >= 0.3 is 0 Å².